The molecule has 21 heavy (non-hydrogen) atoms. The van der Waals surface area contributed by atoms with Crippen LogP contribution in [0.15, 0.2) is 48.7 Å². The fourth-order valence-electron chi connectivity index (χ4n) is 2.05. The van der Waals surface area contributed by atoms with Gasteiger partial charge in [-0.1, -0.05) is 17.7 Å². The number of hydrogen-bond donors (Lipinski definition) is 1. The molecule has 0 atom stereocenters. The van der Waals surface area contributed by atoms with Gasteiger partial charge in [0.25, 0.3) is 5.91 Å². The number of carbonyl (C=O) groups excluding carboxylic acids is 1. The standard InChI is InChI=1S/C15H13ClN4O/c16-12-6-4-11(5-7-12)15(21)17-9-8-14-19-18-13-3-1-2-10-20(13)14/h1-7,10H,8-9H2,(H,17,21). The second kappa shape index (κ2) is 5.93. The summed E-state index contributed by atoms with van der Waals surface area (Å²) in [4.78, 5) is 12.0. The Morgan fingerprint density at radius 3 is 2.76 bits per heavy atom. The van der Waals surface area contributed by atoms with Crippen LogP contribution < -0.4 is 5.32 Å². The molecule has 1 amide bonds. The zero-order chi connectivity index (χ0) is 14.7. The van der Waals surface area contributed by atoms with Crippen LogP contribution >= 0.6 is 11.6 Å². The molecule has 6 heteroatoms. The molecule has 0 saturated heterocycles. The van der Waals surface area contributed by atoms with E-state index in [0.29, 0.717) is 23.6 Å². The van der Waals surface area contributed by atoms with Crippen LogP contribution in [0.3, 0.4) is 0 Å². The molecule has 0 saturated carbocycles. The minimum Gasteiger partial charge on any atom is -0.352 e. The average molecular weight is 301 g/mol. The second-order valence-electron chi connectivity index (χ2n) is 4.56. The van der Waals surface area contributed by atoms with Crippen LogP contribution in [0.5, 0.6) is 0 Å². The van der Waals surface area contributed by atoms with Crippen molar-refractivity contribution in [3.05, 3.63) is 65.1 Å². The maximum Gasteiger partial charge on any atom is 0.251 e. The summed E-state index contributed by atoms with van der Waals surface area (Å²) in [6.45, 7) is 0.497. The summed E-state index contributed by atoms with van der Waals surface area (Å²) in [6, 6.07) is 12.5. The third kappa shape index (κ3) is 3.03. The van der Waals surface area contributed by atoms with E-state index in [9.17, 15) is 4.79 Å². The lowest BCUT2D eigenvalue weighted by Crippen LogP contribution is -2.26. The Labute approximate surface area is 126 Å². The topological polar surface area (TPSA) is 59.3 Å². The molecule has 2 heterocycles. The normalized spacial score (nSPS) is 10.7. The average Bonchev–Trinajstić information content (AvgIpc) is 2.91. The zero-order valence-electron chi connectivity index (χ0n) is 11.2. The van der Waals surface area contributed by atoms with Gasteiger partial charge in [0, 0.05) is 29.7 Å². The first-order chi connectivity index (χ1) is 10.2. The fourth-order valence-corrected chi connectivity index (χ4v) is 2.18. The molecule has 1 aromatic carbocycles. The minimum atomic E-state index is -0.125. The number of benzene rings is 1. The second-order valence-corrected chi connectivity index (χ2v) is 4.99. The fraction of sp³-hybridized carbons (Fsp3) is 0.133. The minimum absolute atomic E-state index is 0.125. The van der Waals surface area contributed by atoms with E-state index in [2.05, 4.69) is 15.5 Å². The van der Waals surface area contributed by atoms with Gasteiger partial charge in [0.05, 0.1) is 0 Å². The largest absolute Gasteiger partial charge is 0.352 e. The van der Waals surface area contributed by atoms with Gasteiger partial charge in [0.1, 0.15) is 5.82 Å². The Morgan fingerprint density at radius 2 is 1.95 bits per heavy atom. The highest BCUT2D eigenvalue weighted by molar-refractivity contribution is 6.30. The van der Waals surface area contributed by atoms with Gasteiger partial charge in [-0.2, -0.15) is 0 Å². The van der Waals surface area contributed by atoms with Gasteiger partial charge in [-0.15, -0.1) is 10.2 Å². The summed E-state index contributed by atoms with van der Waals surface area (Å²) in [6.07, 6.45) is 2.52. The SMILES string of the molecule is O=C(NCCc1nnc2ccccn12)c1ccc(Cl)cc1. The number of aromatic nitrogens is 3. The number of nitrogens with one attached hydrogen (secondary N) is 1. The molecule has 3 rings (SSSR count). The van der Waals surface area contributed by atoms with E-state index in [1.54, 1.807) is 24.3 Å². The Hall–Kier alpha value is -2.40. The molecule has 1 N–H and O–H groups in total. The number of rotatable bonds is 4. The molecule has 3 aromatic rings. The van der Waals surface area contributed by atoms with E-state index >= 15 is 0 Å². The number of fused-ring (bicyclic) bond motifs is 1. The van der Waals surface area contributed by atoms with Crippen molar-refractivity contribution in [1.82, 2.24) is 19.9 Å². The summed E-state index contributed by atoms with van der Waals surface area (Å²) in [5, 5.41) is 11.7. The lowest BCUT2D eigenvalue weighted by atomic mass is 10.2. The molecule has 0 spiro atoms. The highest BCUT2D eigenvalue weighted by Gasteiger charge is 2.07. The van der Waals surface area contributed by atoms with E-state index < -0.39 is 0 Å². The number of hydrogen-bond acceptors (Lipinski definition) is 3. The van der Waals surface area contributed by atoms with E-state index in [-0.39, 0.29) is 5.91 Å². The first-order valence-electron chi connectivity index (χ1n) is 6.56. The molecule has 0 aliphatic carbocycles. The van der Waals surface area contributed by atoms with Gasteiger partial charge in [0.2, 0.25) is 0 Å². The van der Waals surface area contributed by atoms with Crippen molar-refractivity contribution in [2.24, 2.45) is 0 Å². The van der Waals surface area contributed by atoms with Gasteiger partial charge in [0.15, 0.2) is 5.65 Å². The van der Waals surface area contributed by atoms with Gasteiger partial charge in [-0.25, -0.2) is 0 Å². The highest BCUT2D eigenvalue weighted by atomic mass is 35.5. The summed E-state index contributed by atoms with van der Waals surface area (Å²) in [5.41, 5.74) is 1.39. The Kier molecular flexibility index (Phi) is 3.83. The third-order valence-electron chi connectivity index (χ3n) is 3.12. The highest BCUT2D eigenvalue weighted by Crippen LogP contribution is 2.09. The number of carbonyl (C=O) groups is 1. The van der Waals surface area contributed by atoms with Gasteiger partial charge in [-0.3, -0.25) is 9.20 Å². The summed E-state index contributed by atoms with van der Waals surface area (Å²) in [7, 11) is 0. The van der Waals surface area contributed by atoms with Crippen molar-refractivity contribution < 1.29 is 4.79 Å². The lowest BCUT2D eigenvalue weighted by molar-refractivity contribution is 0.0954. The van der Waals surface area contributed by atoms with Crippen LogP contribution in [-0.4, -0.2) is 27.0 Å². The lowest BCUT2D eigenvalue weighted by Gasteiger charge is -2.04. The molecule has 0 aliphatic rings. The molecule has 0 unspecified atom stereocenters. The van der Waals surface area contributed by atoms with Crippen molar-refractivity contribution >= 4 is 23.2 Å². The van der Waals surface area contributed by atoms with Crippen LogP contribution in [-0.2, 0) is 6.42 Å². The smallest absolute Gasteiger partial charge is 0.251 e. The van der Waals surface area contributed by atoms with Crippen molar-refractivity contribution in [2.75, 3.05) is 6.54 Å². The maximum absolute atomic E-state index is 12.0. The Morgan fingerprint density at radius 1 is 1.14 bits per heavy atom. The van der Waals surface area contributed by atoms with Crippen LogP contribution in [0, 0.1) is 0 Å². The number of pyridine rings is 1. The first kappa shape index (κ1) is 13.6. The molecule has 0 aliphatic heterocycles. The number of nitrogens with zero attached hydrogens (tertiary/aromatic N) is 3. The summed E-state index contributed by atoms with van der Waals surface area (Å²) < 4.78 is 1.91. The predicted molar refractivity (Wildman–Crippen MR) is 80.5 cm³/mol. The van der Waals surface area contributed by atoms with E-state index in [1.807, 2.05) is 28.8 Å². The molecule has 5 nitrogen and oxygen atoms in total. The quantitative estimate of drug-likeness (QED) is 0.804. The number of amides is 1. The third-order valence-corrected chi connectivity index (χ3v) is 3.38. The summed E-state index contributed by atoms with van der Waals surface area (Å²) >= 11 is 5.79. The zero-order valence-corrected chi connectivity index (χ0v) is 11.9. The molecule has 0 radical (unpaired) electrons. The Bertz CT molecular complexity index is 767. The number of halogens is 1. The van der Waals surface area contributed by atoms with Gasteiger partial charge < -0.3 is 5.32 Å². The van der Waals surface area contributed by atoms with E-state index in [1.165, 1.54) is 0 Å². The van der Waals surface area contributed by atoms with E-state index in [0.717, 1.165) is 11.5 Å². The molecule has 0 fully saturated rings. The summed E-state index contributed by atoms with van der Waals surface area (Å²) in [5.74, 6) is 0.697. The predicted octanol–water partition coefficient (Wildman–Crippen LogP) is 2.36. The van der Waals surface area contributed by atoms with Crippen molar-refractivity contribution in [2.45, 2.75) is 6.42 Å². The van der Waals surface area contributed by atoms with Gasteiger partial charge >= 0.3 is 0 Å². The van der Waals surface area contributed by atoms with Crippen molar-refractivity contribution in [1.29, 1.82) is 0 Å². The van der Waals surface area contributed by atoms with Crippen LogP contribution in [0.4, 0.5) is 0 Å². The molecular weight excluding hydrogens is 288 g/mol. The van der Waals surface area contributed by atoms with Crippen LogP contribution in [0.25, 0.3) is 5.65 Å². The monoisotopic (exact) mass is 300 g/mol. The van der Waals surface area contributed by atoms with Crippen molar-refractivity contribution in [3.8, 4) is 0 Å². The molecular formula is C15H13ClN4O. The first-order valence-corrected chi connectivity index (χ1v) is 6.94. The maximum atomic E-state index is 12.0. The van der Waals surface area contributed by atoms with Crippen LogP contribution in [0.2, 0.25) is 5.02 Å². The van der Waals surface area contributed by atoms with E-state index in [4.69, 9.17) is 11.6 Å². The Balaban J connectivity index is 1.61. The molecule has 2 aromatic heterocycles. The van der Waals surface area contributed by atoms with Gasteiger partial charge in [-0.05, 0) is 36.4 Å². The van der Waals surface area contributed by atoms with Crippen LogP contribution in [0.1, 0.15) is 16.2 Å². The molecule has 0 bridgehead atoms. The molecule has 106 valence electrons. The van der Waals surface area contributed by atoms with Crippen molar-refractivity contribution in [3.63, 3.8) is 0 Å².